The molecule has 9 aliphatic rings. The van der Waals surface area contributed by atoms with Crippen LogP contribution in [-0.2, 0) is 42.7 Å². The van der Waals surface area contributed by atoms with Gasteiger partial charge >= 0.3 is 11.9 Å². The summed E-state index contributed by atoms with van der Waals surface area (Å²) in [5.41, 5.74) is -3.08. The molecule has 4 spiro atoms. The molecule has 11 nitrogen and oxygen atoms in total. The third-order valence-corrected chi connectivity index (χ3v) is 11.3. The average molecular weight is 559 g/mol. The van der Waals surface area contributed by atoms with Gasteiger partial charge in [0.2, 0.25) is 0 Å². The van der Waals surface area contributed by atoms with E-state index in [0.29, 0.717) is 19.4 Å². The number of fused-ring (bicyclic) bond motifs is 6. The Kier molecular flexibility index (Phi) is 5.14. The fourth-order valence-electron chi connectivity index (χ4n) is 8.68. The Morgan fingerprint density at radius 2 is 1.82 bits per heavy atom. The van der Waals surface area contributed by atoms with E-state index in [1.165, 1.54) is 17.7 Å². The summed E-state index contributed by atoms with van der Waals surface area (Å²) in [6.45, 7) is 4.72. The topological polar surface area (TPSA) is 146 Å². The Balaban J connectivity index is 1.19. The normalized spacial score (nSPS) is 57.6. The van der Waals surface area contributed by atoms with Crippen LogP contribution in [0.25, 0.3) is 0 Å². The molecule has 2 aliphatic carbocycles. The van der Waals surface area contributed by atoms with E-state index in [-0.39, 0.29) is 31.8 Å². The minimum Gasteiger partial charge on any atom is -0.463 e. The van der Waals surface area contributed by atoms with Crippen LogP contribution in [0.4, 0.5) is 0 Å². The lowest BCUT2D eigenvalue weighted by molar-refractivity contribution is -0.233. The number of aliphatic hydroxyl groups excluding tert-OH is 2. The largest absolute Gasteiger partial charge is 0.463 e. The zero-order valence-electron chi connectivity index (χ0n) is 22.4. The Bertz CT molecular complexity index is 1250. The molecule has 216 valence electrons. The van der Waals surface area contributed by atoms with Crippen LogP contribution in [-0.4, -0.2) is 102 Å². The third-order valence-electron chi connectivity index (χ3n) is 11.3. The smallest absolute Gasteiger partial charge is 0.338 e. The van der Waals surface area contributed by atoms with Gasteiger partial charge in [-0.1, -0.05) is 30.7 Å². The maximum absolute atomic E-state index is 13.5. The van der Waals surface area contributed by atoms with Gasteiger partial charge in [0.1, 0.15) is 35.6 Å². The van der Waals surface area contributed by atoms with Crippen LogP contribution in [0.5, 0.6) is 0 Å². The van der Waals surface area contributed by atoms with Gasteiger partial charge in [-0.15, -0.1) is 0 Å². The van der Waals surface area contributed by atoms with Gasteiger partial charge in [0.25, 0.3) is 0 Å². The van der Waals surface area contributed by atoms with Crippen LogP contribution in [0.1, 0.15) is 39.5 Å². The molecule has 0 amide bonds. The van der Waals surface area contributed by atoms with Crippen molar-refractivity contribution in [2.75, 3.05) is 19.8 Å². The second-order valence-corrected chi connectivity index (χ2v) is 13.0. The molecule has 9 rings (SSSR count). The molecule has 4 bridgehead atoms. The summed E-state index contributed by atoms with van der Waals surface area (Å²) in [6.07, 6.45) is 4.73. The summed E-state index contributed by atoms with van der Waals surface area (Å²) in [5, 5.41) is 21.0. The first kappa shape index (κ1) is 25.6. The van der Waals surface area contributed by atoms with Crippen LogP contribution in [0, 0.1) is 10.8 Å². The molecule has 2 N–H and O–H groups in total. The number of hydrogen-bond donors (Lipinski definition) is 2. The molecule has 5 saturated heterocycles. The minimum atomic E-state index is -1.47. The zero-order chi connectivity index (χ0) is 27.7. The third kappa shape index (κ3) is 3.04. The molecule has 7 aliphatic heterocycles. The van der Waals surface area contributed by atoms with Crippen molar-refractivity contribution >= 4 is 11.9 Å². The summed E-state index contributed by atoms with van der Waals surface area (Å²) < 4.78 is 42.6. The summed E-state index contributed by atoms with van der Waals surface area (Å²) in [6, 6.07) is 0. The van der Waals surface area contributed by atoms with Crippen molar-refractivity contribution < 1.29 is 53.0 Å². The van der Waals surface area contributed by atoms with E-state index in [4.69, 9.17) is 33.2 Å². The van der Waals surface area contributed by atoms with E-state index in [9.17, 15) is 19.8 Å². The lowest BCUT2D eigenvalue weighted by atomic mass is 9.51. The maximum Gasteiger partial charge on any atom is 0.338 e. The number of hydrogen-bond acceptors (Lipinski definition) is 11. The number of carbonyl (C=O) groups is 2. The molecule has 7 heterocycles. The number of rotatable bonds is 0. The van der Waals surface area contributed by atoms with Crippen molar-refractivity contribution in [1.82, 2.24) is 0 Å². The Hall–Kier alpha value is -2.12. The first-order valence-electron chi connectivity index (χ1n) is 14.1. The molecule has 0 aromatic rings. The molecular weight excluding hydrogens is 524 g/mol. The van der Waals surface area contributed by atoms with E-state index in [1.54, 1.807) is 12.2 Å². The minimum absolute atomic E-state index is 0.00370. The van der Waals surface area contributed by atoms with Gasteiger partial charge < -0.3 is 43.4 Å². The van der Waals surface area contributed by atoms with Crippen molar-refractivity contribution in [2.45, 2.75) is 99.2 Å². The molecule has 12 atom stereocenters. The quantitative estimate of drug-likeness (QED) is 0.245. The molecule has 1 saturated carbocycles. The number of aliphatic hydroxyl groups is 2. The Labute approximate surface area is 231 Å². The highest BCUT2D eigenvalue weighted by Gasteiger charge is 2.83. The van der Waals surface area contributed by atoms with E-state index in [1.807, 2.05) is 0 Å². The fraction of sp³-hybridized carbons (Fsp3) is 0.724. The van der Waals surface area contributed by atoms with Crippen molar-refractivity contribution in [2.24, 2.45) is 10.8 Å². The van der Waals surface area contributed by atoms with Gasteiger partial charge in [-0.2, -0.15) is 0 Å². The van der Waals surface area contributed by atoms with Gasteiger partial charge in [0, 0.05) is 24.3 Å². The highest BCUT2D eigenvalue weighted by molar-refractivity contribution is 5.82. The average Bonchev–Trinajstić information content (AvgIpc) is 3.82. The van der Waals surface area contributed by atoms with Crippen LogP contribution < -0.4 is 0 Å². The summed E-state index contributed by atoms with van der Waals surface area (Å²) in [4.78, 5) is 26.6. The predicted octanol–water partition coefficient (Wildman–Crippen LogP) is 0.615. The second-order valence-electron chi connectivity index (χ2n) is 13.0. The standard InChI is InChI=1S/C29H34O11/c1-15-6-8-26-12-34-24(33)22-27(40-22)11-19-28(35-13-27,21(31)23(32)39-19)7-4-3-5-20(30)38-16-10-18(37-17(26)9-15)29(14-36-29)25(16,26)2/h3-5,7,9,16-19,21-23,31-32H,6,8,10-14H2,1-2H3/b5-3-,7-4+/t16-,17-,18-,19?,21?,22?,23?,25-,26-,27?,28?,29-/m1/s1. The highest BCUT2D eigenvalue weighted by Crippen LogP contribution is 2.72. The number of esters is 2. The molecule has 0 aromatic carbocycles. The number of ether oxygens (including phenoxy) is 7. The van der Waals surface area contributed by atoms with Gasteiger partial charge in [0.15, 0.2) is 12.4 Å². The fourth-order valence-corrected chi connectivity index (χ4v) is 8.68. The Morgan fingerprint density at radius 3 is 2.62 bits per heavy atom. The van der Waals surface area contributed by atoms with Crippen LogP contribution in [0.2, 0.25) is 0 Å². The summed E-state index contributed by atoms with van der Waals surface area (Å²) >= 11 is 0. The number of epoxide rings is 2. The maximum atomic E-state index is 13.5. The molecule has 6 fully saturated rings. The van der Waals surface area contributed by atoms with E-state index in [0.717, 1.165) is 6.42 Å². The summed E-state index contributed by atoms with van der Waals surface area (Å²) in [5.74, 6) is -1.04. The lowest BCUT2D eigenvalue weighted by Gasteiger charge is -2.58. The van der Waals surface area contributed by atoms with Gasteiger partial charge in [-0.25, -0.2) is 9.59 Å². The molecule has 0 aromatic heterocycles. The molecule has 6 unspecified atom stereocenters. The van der Waals surface area contributed by atoms with Gasteiger partial charge in [0.05, 0.1) is 36.9 Å². The second kappa shape index (κ2) is 8.03. The van der Waals surface area contributed by atoms with E-state index in [2.05, 4.69) is 19.9 Å². The van der Waals surface area contributed by atoms with Crippen LogP contribution in [0.3, 0.4) is 0 Å². The monoisotopic (exact) mass is 558 g/mol. The Morgan fingerprint density at radius 1 is 1.00 bits per heavy atom. The molecule has 11 heteroatoms. The van der Waals surface area contributed by atoms with Crippen molar-refractivity contribution in [3.63, 3.8) is 0 Å². The first-order valence-corrected chi connectivity index (χ1v) is 14.1. The predicted molar refractivity (Wildman–Crippen MR) is 132 cm³/mol. The first-order chi connectivity index (χ1) is 19.1. The van der Waals surface area contributed by atoms with E-state index >= 15 is 0 Å². The number of carbonyl (C=O) groups excluding carboxylic acids is 2. The lowest BCUT2D eigenvalue weighted by Crippen LogP contribution is -2.66. The summed E-state index contributed by atoms with van der Waals surface area (Å²) in [7, 11) is 0. The molecule has 40 heavy (non-hydrogen) atoms. The van der Waals surface area contributed by atoms with Crippen molar-refractivity contribution in [3.8, 4) is 0 Å². The van der Waals surface area contributed by atoms with Crippen LogP contribution >= 0.6 is 0 Å². The number of allylic oxidation sites excluding steroid dienone is 3. The van der Waals surface area contributed by atoms with Crippen molar-refractivity contribution in [3.05, 3.63) is 36.0 Å². The zero-order valence-corrected chi connectivity index (χ0v) is 22.4. The van der Waals surface area contributed by atoms with E-state index < -0.39 is 70.3 Å². The van der Waals surface area contributed by atoms with Gasteiger partial charge in [-0.05, 0) is 25.8 Å². The SMILES string of the molecule is CC1=C[C@H]2O[C@@H]3C[C@H]4OC(=O)/C=C\C=C\C56OCC7(CC5OC(O)C6O)OC7C(=O)OC[C@@]2(CC1)[C@]4(C)[C@@]31CO1. The van der Waals surface area contributed by atoms with Crippen molar-refractivity contribution in [1.29, 1.82) is 0 Å². The highest BCUT2D eigenvalue weighted by atomic mass is 16.7. The van der Waals surface area contributed by atoms with Crippen LogP contribution in [0.15, 0.2) is 36.0 Å². The molecular formula is C29H34O11. The molecule has 0 radical (unpaired) electrons. The van der Waals surface area contributed by atoms with Gasteiger partial charge in [-0.3, -0.25) is 0 Å².